The molecule has 0 rings (SSSR count). The predicted molar refractivity (Wildman–Crippen MR) is 104 cm³/mol. The van der Waals surface area contributed by atoms with Crippen molar-refractivity contribution in [3.8, 4) is 0 Å². The molecule has 0 fully saturated rings. The summed E-state index contributed by atoms with van der Waals surface area (Å²) in [5.74, 6) is -0.984. The third kappa shape index (κ3) is 31.8. The summed E-state index contributed by atoms with van der Waals surface area (Å²) >= 11 is 0. The zero-order valence-corrected chi connectivity index (χ0v) is 16.2. The average molecular weight is 338 g/mol. The van der Waals surface area contributed by atoms with Crippen molar-refractivity contribution in [1.82, 2.24) is 0 Å². The monoisotopic (exact) mass is 338 g/mol. The van der Waals surface area contributed by atoms with Crippen LogP contribution >= 0.6 is 0 Å². The Hall–Kier alpha value is -2.36. The molecule has 0 aromatic rings. The van der Waals surface area contributed by atoms with Gasteiger partial charge in [0.1, 0.15) is 12.7 Å². The fraction of sp³-hybridized carbons (Fsp3) is 0.400. The van der Waals surface area contributed by atoms with Gasteiger partial charge < -0.3 is 9.47 Å². The van der Waals surface area contributed by atoms with Crippen molar-refractivity contribution in [2.45, 2.75) is 47.6 Å². The van der Waals surface area contributed by atoms with Crippen molar-refractivity contribution in [2.75, 3.05) is 6.61 Å². The number of hydrogen-bond acceptors (Lipinski definition) is 4. The molecule has 0 N–H and O–H groups in total. The number of hydrogen-bond donors (Lipinski definition) is 0. The van der Waals surface area contributed by atoms with Gasteiger partial charge in [0.25, 0.3) is 0 Å². The molecule has 0 saturated carbocycles. The molecule has 0 aromatic carbocycles. The third-order valence-corrected chi connectivity index (χ3v) is 1.45. The molecule has 4 nitrogen and oxygen atoms in total. The van der Waals surface area contributed by atoms with Crippen LogP contribution in [0.4, 0.5) is 0 Å². The van der Waals surface area contributed by atoms with Crippen LogP contribution < -0.4 is 0 Å². The number of allylic oxidation sites excluding steroid dienone is 3. The molecule has 0 spiro atoms. The molecule has 138 valence electrons. The second kappa shape index (κ2) is 22.9. The first-order valence-electron chi connectivity index (χ1n) is 7.49. The first kappa shape index (κ1) is 29.6. The minimum atomic E-state index is -0.492. The van der Waals surface area contributed by atoms with Gasteiger partial charge in [0.15, 0.2) is 0 Å². The molecule has 1 unspecified atom stereocenters. The van der Waals surface area contributed by atoms with Gasteiger partial charge in [-0.1, -0.05) is 31.4 Å². The molecule has 0 aliphatic heterocycles. The maximum absolute atomic E-state index is 11.1. The summed E-state index contributed by atoms with van der Waals surface area (Å²) in [7, 11) is 0. The van der Waals surface area contributed by atoms with Crippen LogP contribution in [0.3, 0.4) is 0 Å². The Morgan fingerprint density at radius 1 is 0.875 bits per heavy atom. The Bertz CT molecular complexity index is 392. The highest BCUT2D eigenvalue weighted by molar-refractivity contribution is 5.87. The maximum atomic E-state index is 11.1. The van der Waals surface area contributed by atoms with E-state index in [0.29, 0.717) is 11.1 Å². The first-order valence-corrected chi connectivity index (χ1v) is 7.49. The summed E-state index contributed by atoms with van der Waals surface area (Å²) in [6.45, 7) is 27.4. The molecule has 4 heteroatoms. The van der Waals surface area contributed by atoms with E-state index in [1.165, 1.54) is 0 Å². The highest BCUT2D eigenvalue weighted by Gasteiger charge is 2.12. The van der Waals surface area contributed by atoms with E-state index in [1.807, 2.05) is 20.8 Å². The molecule has 0 radical (unpaired) electrons. The van der Waals surface area contributed by atoms with Crippen molar-refractivity contribution in [1.29, 1.82) is 0 Å². The summed E-state index contributed by atoms with van der Waals surface area (Å²) in [6, 6.07) is 0. The summed E-state index contributed by atoms with van der Waals surface area (Å²) in [6.07, 6.45) is 4.76. The molecule has 0 heterocycles. The highest BCUT2D eigenvalue weighted by Crippen LogP contribution is 2.00. The fourth-order valence-corrected chi connectivity index (χ4v) is 0.634. The first-order chi connectivity index (χ1) is 11.1. The van der Waals surface area contributed by atoms with Crippen molar-refractivity contribution in [3.05, 3.63) is 62.3 Å². The van der Waals surface area contributed by atoms with Gasteiger partial charge in [-0.3, -0.25) is 0 Å². The number of carbonyl (C=O) groups is 2. The normalized spacial score (nSPS) is 8.75. The summed E-state index contributed by atoms with van der Waals surface area (Å²) in [5.41, 5.74) is 0.626. The zero-order chi connectivity index (χ0) is 20.1. The van der Waals surface area contributed by atoms with Gasteiger partial charge in [0.05, 0.1) is 0 Å². The van der Waals surface area contributed by atoms with Gasteiger partial charge in [-0.25, -0.2) is 9.59 Å². The molecule has 0 aliphatic rings. The minimum Gasteiger partial charge on any atom is -0.458 e. The molecular formula is C20H34O4. The van der Waals surface area contributed by atoms with Crippen LogP contribution in [0, 0.1) is 0 Å². The lowest BCUT2D eigenvalue weighted by molar-refractivity contribution is -0.152. The Balaban J connectivity index is -0.000000184. The third-order valence-electron chi connectivity index (χ3n) is 1.45. The second-order valence-corrected chi connectivity index (χ2v) is 4.60. The summed E-state index contributed by atoms with van der Waals surface area (Å²) < 4.78 is 9.70. The van der Waals surface area contributed by atoms with Crippen molar-refractivity contribution < 1.29 is 19.1 Å². The van der Waals surface area contributed by atoms with E-state index in [-0.39, 0.29) is 6.61 Å². The van der Waals surface area contributed by atoms with Gasteiger partial charge in [-0.2, -0.15) is 0 Å². The Kier molecular flexibility index (Phi) is 28.3. The molecule has 1 atom stereocenters. The minimum absolute atomic E-state index is 0.0186. The average Bonchev–Trinajstić information content (AvgIpc) is 2.46. The van der Waals surface area contributed by atoms with Crippen LogP contribution in [-0.4, -0.2) is 24.6 Å². The van der Waals surface area contributed by atoms with Crippen LogP contribution in [-0.2, 0) is 19.1 Å². The number of ether oxygens (including phenoxy) is 2. The molecule has 24 heavy (non-hydrogen) atoms. The van der Waals surface area contributed by atoms with E-state index in [2.05, 4.69) is 32.9 Å². The highest BCUT2D eigenvalue weighted by atomic mass is 16.6. The topological polar surface area (TPSA) is 52.6 Å². The van der Waals surface area contributed by atoms with Crippen molar-refractivity contribution in [3.63, 3.8) is 0 Å². The molecule has 0 aliphatic carbocycles. The second-order valence-electron chi connectivity index (χ2n) is 4.60. The van der Waals surface area contributed by atoms with Gasteiger partial charge in [0, 0.05) is 11.1 Å². The smallest absolute Gasteiger partial charge is 0.333 e. The van der Waals surface area contributed by atoms with Crippen LogP contribution in [0.15, 0.2) is 62.3 Å². The molecule has 0 aromatic heterocycles. The largest absolute Gasteiger partial charge is 0.458 e. The lowest BCUT2D eigenvalue weighted by Crippen LogP contribution is -2.22. The van der Waals surface area contributed by atoms with Gasteiger partial charge in [0.2, 0.25) is 0 Å². The summed E-state index contributed by atoms with van der Waals surface area (Å²) in [5, 5.41) is 0. The van der Waals surface area contributed by atoms with Gasteiger partial charge >= 0.3 is 11.9 Å². The predicted octanol–water partition coefficient (Wildman–Crippen LogP) is 5.19. The zero-order valence-electron chi connectivity index (χ0n) is 16.2. The van der Waals surface area contributed by atoms with E-state index in [1.54, 1.807) is 39.0 Å². The Labute approximate surface area is 148 Å². The molecule has 0 bridgehead atoms. The lowest BCUT2D eigenvalue weighted by atomic mass is 10.3. The standard InChI is InChI=1S/C11H16O4.3C3H6/c1-7(2)10(12)14-6-9(5)15-11(13)8(3)4;3*1-3-2/h9H,1,3,6H2,2,4-5H3;3*3H,1H2,2H3. The van der Waals surface area contributed by atoms with Crippen molar-refractivity contribution in [2.24, 2.45) is 0 Å². The Morgan fingerprint density at radius 2 is 1.17 bits per heavy atom. The number of rotatable bonds is 5. The van der Waals surface area contributed by atoms with Gasteiger partial charge in [-0.15, -0.1) is 19.7 Å². The quantitative estimate of drug-likeness (QED) is 0.393. The van der Waals surface area contributed by atoms with E-state index in [0.717, 1.165) is 0 Å². The van der Waals surface area contributed by atoms with Crippen LogP contribution in [0.1, 0.15) is 41.5 Å². The van der Waals surface area contributed by atoms with Crippen LogP contribution in [0.2, 0.25) is 0 Å². The Morgan fingerprint density at radius 3 is 1.42 bits per heavy atom. The number of esters is 2. The van der Waals surface area contributed by atoms with E-state index < -0.39 is 18.0 Å². The fourth-order valence-electron chi connectivity index (χ4n) is 0.634. The van der Waals surface area contributed by atoms with E-state index in [9.17, 15) is 9.59 Å². The molecular weight excluding hydrogens is 304 g/mol. The molecule has 0 amide bonds. The maximum Gasteiger partial charge on any atom is 0.333 e. The van der Waals surface area contributed by atoms with Crippen molar-refractivity contribution >= 4 is 11.9 Å². The van der Waals surface area contributed by atoms with Gasteiger partial charge in [-0.05, 0) is 41.5 Å². The van der Waals surface area contributed by atoms with E-state index in [4.69, 9.17) is 9.47 Å². The van der Waals surface area contributed by atoms with Crippen LogP contribution in [0.5, 0.6) is 0 Å². The number of carbonyl (C=O) groups excluding carboxylic acids is 2. The SMILES string of the molecule is C=C(C)C(=O)OCC(C)OC(=O)C(=C)C.C=CC.C=CC.C=CC. The molecule has 0 saturated heterocycles. The summed E-state index contributed by atoms with van der Waals surface area (Å²) in [4.78, 5) is 22.0. The van der Waals surface area contributed by atoms with E-state index >= 15 is 0 Å². The lowest BCUT2D eigenvalue weighted by Gasteiger charge is -2.13. The van der Waals surface area contributed by atoms with Crippen LogP contribution in [0.25, 0.3) is 0 Å².